The van der Waals surface area contributed by atoms with Gasteiger partial charge in [-0.25, -0.2) is 4.79 Å². The Morgan fingerprint density at radius 2 is 1.77 bits per heavy atom. The molecule has 4 nitrogen and oxygen atoms in total. The van der Waals surface area contributed by atoms with Gasteiger partial charge < -0.3 is 9.47 Å². The zero-order chi connectivity index (χ0) is 10.6. The fourth-order valence-electron chi connectivity index (χ4n) is 0.739. The monoisotopic (exact) mass is 188 g/mol. The molecule has 0 aliphatic rings. The van der Waals surface area contributed by atoms with Crippen LogP contribution in [0.4, 0.5) is 0 Å². The van der Waals surface area contributed by atoms with E-state index >= 15 is 0 Å². The van der Waals surface area contributed by atoms with E-state index in [0.29, 0.717) is 0 Å². The van der Waals surface area contributed by atoms with E-state index in [-0.39, 0.29) is 5.78 Å². The Labute approximate surface area is 78.2 Å². The number of Topliss-reactive ketones (excluding diaryl/α,β-unsaturated/α-hetero) is 1. The molecule has 13 heavy (non-hydrogen) atoms. The van der Waals surface area contributed by atoms with Gasteiger partial charge in [0, 0.05) is 0 Å². The number of rotatable bonds is 4. The van der Waals surface area contributed by atoms with E-state index in [1.165, 1.54) is 14.0 Å². The molecule has 1 atom stereocenters. The van der Waals surface area contributed by atoms with Crippen LogP contribution in [0, 0.1) is 0 Å². The molecule has 0 heterocycles. The topological polar surface area (TPSA) is 52.6 Å². The molecule has 0 aromatic heterocycles. The van der Waals surface area contributed by atoms with E-state index in [1.807, 2.05) is 0 Å². The second kappa shape index (κ2) is 4.37. The van der Waals surface area contributed by atoms with Crippen molar-refractivity contribution >= 4 is 11.8 Å². The zero-order valence-corrected chi connectivity index (χ0v) is 8.71. The summed E-state index contributed by atoms with van der Waals surface area (Å²) in [7, 11) is 1.28. The number of carbonyl (C=O) groups excluding carboxylic acids is 2. The minimum atomic E-state index is -0.937. The molecule has 0 aliphatic heterocycles. The second-order valence-electron chi connectivity index (χ2n) is 3.35. The highest BCUT2D eigenvalue weighted by Gasteiger charge is 2.29. The Morgan fingerprint density at radius 1 is 1.31 bits per heavy atom. The van der Waals surface area contributed by atoms with Crippen molar-refractivity contribution in [3.63, 3.8) is 0 Å². The Balaban J connectivity index is 4.27. The molecule has 0 saturated heterocycles. The van der Waals surface area contributed by atoms with E-state index < -0.39 is 17.7 Å². The molecule has 0 radical (unpaired) electrons. The summed E-state index contributed by atoms with van der Waals surface area (Å²) in [5.41, 5.74) is -0.937. The van der Waals surface area contributed by atoms with Crippen LogP contribution in [0.5, 0.6) is 0 Å². The van der Waals surface area contributed by atoms with Crippen LogP contribution >= 0.6 is 0 Å². The van der Waals surface area contributed by atoms with Gasteiger partial charge in [-0.1, -0.05) is 0 Å². The van der Waals surface area contributed by atoms with E-state index in [2.05, 4.69) is 4.74 Å². The molecule has 0 aromatic rings. The van der Waals surface area contributed by atoms with Gasteiger partial charge >= 0.3 is 5.97 Å². The fraction of sp³-hybridized carbons (Fsp3) is 0.778. The van der Waals surface area contributed by atoms with Crippen LogP contribution in [0.1, 0.15) is 27.7 Å². The highest BCUT2D eigenvalue weighted by Crippen LogP contribution is 2.13. The maximum absolute atomic E-state index is 11.0. The van der Waals surface area contributed by atoms with Crippen LogP contribution < -0.4 is 0 Å². The third kappa shape index (κ3) is 3.55. The van der Waals surface area contributed by atoms with Crippen molar-refractivity contribution in [3.8, 4) is 0 Å². The summed E-state index contributed by atoms with van der Waals surface area (Å²) in [6.45, 7) is 6.21. The van der Waals surface area contributed by atoms with Gasteiger partial charge in [0.05, 0.1) is 7.11 Å². The lowest BCUT2D eigenvalue weighted by Crippen LogP contribution is -2.39. The third-order valence-electron chi connectivity index (χ3n) is 1.85. The summed E-state index contributed by atoms with van der Waals surface area (Å²) >= 11 is 0. The maximum atomic E-state index is 11.0. The number of hydrogen-bond donors (Lipinski definition) is 0. The average molecular weight is 188 g/mol. The molecule has 0 saturated carbocycles. The van der Waals surface area contributed by atoms with E-state index in [1.54, 1.807) is 20.8 Å². The summed E-state index contributed by atoms with van der Waals surface area (Å²) in [4.78, 5) is 22.0. The van der Waals surface area contributed by atoms with Crippen molar-refractivity contribution in [2.75, 3.05) is 7.11 Å². The minimum Gasteiger partial charge on any atom is -0.467 e. The van der Waals surface area contributed by atoms with Gasteiger partial charge in [-0.05, 0) is 27.7 Å². The minimum absolute atomic E-state index is 0.122. The second-order valence-corrected chi connectivity index (χ2v) is 3.35. The van der Waals surface area contributed by atoms with Gasteiger partial charge in [-0.15, -0.1) is 0 Å². The number of ether oxygens (including phenoxy) is 2. The Morgan fingerprint density at radius 3 is 2.08 bits per heavy atom. The largest absolute Gasteiger partial charge is 0.467 e. The Hall–Kier alpha value is -0.900. The number of carbonyl (C=O) groups is 2. The standard InChI is InChI=1S/C9H16O4/c1-6(8(11)12-5)13-9(3,4)7(2)10/h6H,1-5H3. The Kier molecular flexibility index (Phi) is 4.07. The van der Waals surface area contributed by atoms with Crippen molar-refractivity contribution in [1.82, 2.24) is 0 Å². The third-order valence-corrected chi connectivity index (χ3v) is 1.85. The molecule has 0 bridgehead atoms. The lowest BCUT2D eigenvalue weighted by atomic mass is 10.1. The predicted molar refractivity (Wildman–Crippen MR) is 47.3 cm³/mol. The van der Waals surface area contributed by atoms with Crippen molar-refractivity contribution < 1.29 is 19.1 Å². The fourth-order valence-corrected chi connectivity index (χ4v) is 0.739. The van der Waals surface area contributed by atoms with Gasteiger partial charge in [-0.3, -0.25) is 4.79 Å². The summed E-state index contributed by atoms with van der Waals surface area (Å²) in [5.74, 6) is -0.599. The summed E-state index contributed by atoms with van der Waals surface area (Å²) in [6.07, 6.45) is -0.719. The molecular weight excluding hydrogens is 172 g/mol. The normalized spacial score (nSPS) is 13.6. The van der Waals surface area contributed by atoms with Crippen molar-refractivity contribution in [2.45, 2.75) is 39.4 Å². The summed E-state index contributed by atoms with van der Waals surface area (Å²) in [6, 6.07) is 0. The Bertz CT molecular complexity index is 208. The van der Waals surface area contributed by atoms with E-state index in [9.17, 15) is 9.59 Å². The van der Waals surface area contributed by atoms with Crippen LogP contribution in [0.2, 0.25) is 0 Å². The molecule has 76 valence electrons. The summed E-state index contributed by atoms with van der Waals surface area (Å²) < 4.78 is 9.69. The molecular formula is C9H16O4. The van der Waals surface area contributed by atoms with Crippen molar-refractivity contribution in [3.05, 3.63) is 0 Å². The van der Waals surface area contributed by atoms with Gasteiger partial charge in [0.1, 0.15) is 5.60 Å². The molecule has 0 N–H and O–H groups in total. The highest BCUT2D eigenvalue weighted by molar-refractivity contribution is 5.84. The molecule has 1 unspecified atom stereocenters. The van der Waals surface area contributed by atoms with Crippen LogP contribution in [0.15, 0.2) is 0 Å². The van der Waals surface area contributed by atoms with Crippen LogP contribution in [0.3, 0.4) is 0 Å². The lowest BCUT2D eigenvalue weighted by molar-refractivity contribution is -0.166. The van der Waals surface area contributed by atoms with Crippen LogP contribution in [-0.2, 0) is 19.1 Å². The van der Waals surface area contributed by atoms with Crippen LogP contribution in [0.25, 0.3) is 0 Å². The van der Waals surface area contributed by atoms with Gasteiger partial charge in [0.2, 0.25) is 0 Å². The highest BCUT2D eigenvalue weighted by atomic mass is 16.6. The van der Waals surface area contributed by atoms with E-state index in [0.717, 1.165) is 0 Å². The molecule has 0 aliphatic carbocycles. The molecule has 0 aromatic carbocycles. The van der Waals surface area contributed by atoms with Crippen LogP contribution in [-0.4, -0.2) is 30.6 Å². The van der Waals surface area contributed by atoms with Gasteiger partial charge in [0.15, 0.2) is 11.9 Å². The molecule has 0 amide bonds. The maximum Gasteiger partial charge on any atom is 0.334 e. The average Bonchev–Trinajstić information content (AvgIpc) is 2.01. The van der Waals surface area contributed by atoms with Crippen molar-refractivity contribution in [2.24, 2.45) is 0 Å². The quantitative estimate of drug-likeness (QED) is 0.616. The number of hydrogen-bond acceptors (Lipinski definition) is 4. The first kappa shape index (κ1) is 12.1. The number of methoxy groups -OCH3 is 1. The molecule has 4 heteroatoms. The first-order valence-electron chi connectivity index (χ1n) is 4.08. The molecule has 0 rings (SSSR count). The van der Waals surface area contributed by atoms with Gasteiger partial charge in [0.25, 0.3) is 0 Å². The van der Waals surface area contributed by atoms with Crippen molar-refractivity contribution in [1.29, 1.82) is 0 Å². The first-order valence-corrected chi connectivity index (χ1v) is 4.08. The SMILES string of the molecule is COC(=O)C(C)OC(C)(C)C(C)=O. The summed E-state index contributed by atoms with van der Waals surface area (Å²) in [5, 5.41) is 0. The number of ketones is 1. The smallest absolute Gasteiger partial charge is 0.334 e. The lowest BCUT2D eigenvalue weighted by Gasteiger charge is -2.25. The number of esters is 1. The van der Waals surface area contributed by atoms with Gasteiger partial charge in [-0.2, -0.15) is 0 Å². The predicted octanol–water partition coefficient (Wildman–Crippen LogP) is 0.932. The zero-order valence-electron chi connectivity index (χ0n) is 8.71. The molecule has 0 spiro atoms. The first-order chi connectivity index (χ1) is 5.81. The van der Waals surface area contributed by atoms with E-state index in [4.69, 9.17) is 4.74 Å². The molecule has 0 fully saturated rings.